The van der Waals surface area contributed by atoms with Gasteiger partial charge in [-0.3, -0.25) is 0 Å². The van der Waals surface area contributed by atoms with Crippen LogP contribution in [0.2, 0.25) is 0 Å². The summed E-state index contributed by atoms with van der Waals surface area (Å²) in [4.78, 5) is 10.9. The van der Waals surface area contributed by atoms with E-state index in [0.29, 0.717) is 0 Å². The molecule has 0 unspecified atom stereocenters. The first-order valence-electron chi connectivity index (χ1n) is 7.52. The Kier molecular flexibility index (Phi) is 9.80. The number of carboxylic acid groups (broad SMARTS) is 1. The second-order valence-electron chi connectivity index (χ2n) is 5.22. The van der Waals surface area contributed by atoms with E-state index in [4.69, 9.17) is 9.84 Å². The lowest BCUT2D eigenvalue weighted by molar-refractivity contribution is -0.0375. The molecule has 1 N–H and O–H groups in total. The van der Waals surface area contributed by atoms with Crippen LogP contribution in [0.1, 0.15) is 85.0 Å². The largest absolute Gasteiger partial charge is 0.506 e. The van der Waals surface area contributed by atoms with Gasteiger partial charge in [0.25, 0.3) is 0 Å². The van der Waals surface area contributed by atoms with Crippen molar-refractivity contribution in [1.29, 1.82) is 0 Å². The smallest absolute Gasteiger partial charge is 0.450 e. The molecule has 0 radical (unpaired) electrons. The van der Waals surface area contributed by atoms with Crippen LogP contribution in [-0.4, -0.2) is 16.9 Å². The number of rotatable bonds is 11. The molecule has 0 aromatic heterocycles. The summed E-state index contributed by atoms with van der Waals surface area (Å²) in [7, 11) is 0. The van der Waals surface area contributed by atoms with E-state index >= 15 is 0 Å². The van der Waals surface area contributed by atoms with Gasteiger partial charge in [-0.15, -0.1) is 0 Å². The Morgan fingerprint density at radius 2 is 1.44 bits per heavy atom. The maximum absolute atomic E-state index is 10.9. The summed E-state index contributed by atoms with van der Waals surface area (Å²) in [5, 5.41) is 8.92. The summed E-state index contributed by atoms with van der Waals surface area (Å²) in [6.07, 6.45) is 9.42. The number of ether oxygens (including phenoxy) is 1. The van der Waals surface area contributed by atoms with Crippen molar-refractivity contribution in [2.24, 2.45) is 0 Å². The predicted octanol–water partition coefficient (Wildman–Crippen LogP) is 5.38. The average Bonchev–Trinajstić information content (AvgIpc) is 2.28. The van der Waals surface area contributed by atoms with E-state index in [9.17, 15) is 4.79 Å². The molecular weight excluding hydrogens is 228 g/mol. The molecule has 0 amide bonds. The van der Waals surface area contributed by atoms with E-state index in [2.05, 4.69) is 20.8 Å². The van der Waals surface area contributed by atoms with Crippen molar-refractivity contribution in [3.05, 3.63) is 0 Å². The van der Waals surface area contributed by atoms with Crippen LogP contribution in [-0.2, 0) is 4.74 Å². The minimum absolute atomic E-state index is 0.429. The van der Waals surface area contributed by atoms with Crippen LogP contribution in [0.15, 0.2) is 0 Å². The highest BCUT2D eigenvalue weighted by atomic mass is 16.7. The fourth-order valence-corrected chi connectivity index (χ4v) is 2.68. The van der Waals surface area contributed by atoms with Crippen molar-refractivity contribution in [2.45, 2.75) is 90.6 Å². The minimum Gasteiger partial charge on any atom is -0.450 e. The molecule has 0 aliphatic rings. The Morgan fingerprint density at radius 1 is 0.889 bits per heavy atom. The zero-order valence-corrected chi connectivity index (χ0v) is 12.3. The zero-order chi connectivity index (χ0) is 13.9. The van der Waals surface area contributed by atoms with Gasteiger partial charge < -0.3 is 9.84 Å². The van der Waals surface area contributed by atoms with Crippen molar-refractivity contribution in [2.75, 3.05) is 0 Å². The molecule has 0 aromatic carbocycles. The summed E-state index contributed by atoms with van der Waals surface area (Å²) in [5.41, 5.74) is -0.429. The van der Waals surface area contributed by atoms with E-state index in [1.807, 2.05) is 0 Å². The third kappa shape index (κ3) is 7.57. The standard InChI is InChI=1S/C15H30O3/c1-4-7-8-9-10-13-15(11-5-2,12-6-3)18-14(16)17/h4-13H2,1-3H3,(H,16,17). The molecule has 0 aliphatic carbocycles. The third-order valence-corrected chi connectivity index (χ3v) is 3.45. The monoisotopic (exact) mass is 258 g/mol. The summed E-state index contributed by atoms with van der Waals surface area (Å²) in [6.45, 7) is 6.38. The van der Waals surface area contributed by atoms with Crippen molar-refractivity contribution in [3.8, 4) is 0 Å². The topological polar surface area (TPSA) is 46.5 Å². The van der Waals surface area contributed by atoms with Crippen LogP contribution in [0.3, 0.4) is 0 Å². The number of unbranched alkanes of at least 4 members (excludes halogenated alkanes) is 4. The predicted molar refractivity (Wildman–Crippen MR) is 75.0 cm³/mol. The summed E-state index contributed by atoms with van der Waals surface area (Å²) < 4.78 is 5.24. The molecule has 3 heteroatoms. The Balaban J connectivity index is 4.27. The van der Waals surface area contributed by atoms with Gasteiger partial charge in [0.05, 0.1) is 0 Å². The molecule has 0 heterocycles. The van der Waals surface area contributed by atoms with Gasteiger partial charge in [0.1, 0.15) is 5.60 Å². The van der Waals surface area contributed by atoms with Gasteiger partial charge in [-0.1, -0.05) is 59.3 Å². The molecule has 0 aromatic rings. The molecule has 0 saturated heterocycles. The molecule has 0 saturated carbocycles. The lowest BCUT2D eigenvalue weighted by Crippen LogP contribution is -2.34. The van der Waals surface area contributed by atoms with E-state index < -0.39 is 11.8 Å². The zero-order valence-electron chi connectivity index (χ0n) is 12.3. The number of hydrogen-bond donors (Lipinski definition) is 1. The van der Waals surface area contributed by atoms with Crippen LogP contribution in [0.5, 0.6) is 0 Å². The lowest BCUT2D eigenvalue weighted by Gasteiger charge is -2.32. The fourth-order valence-electron chi connectivity index (χ4n) is 2.68. The maximum atomic E-state index is 10.9. The molecule has 0 fully saturated rings. The normalized spacial score (nSPS) is 11.5. The molecule has 0 aliphatic heterocycles. The molecule has 18 heavy (non-hydrogen) atoms. The molecule has 0 rings (SSSR count). The molecule has 3 nitrogen and oxygen atoms in total. The SMILES string of the molecule is CCCCCCCC(CCC)(CCC)OC(=O)O. The Hall–Kier alpha value is -0.730. The fraction of sp³-hybridized carbons (Fsp3) is 0.933. The maximum Gasteiger partial charge on any atom is 0.506 e. The second kappa shape index (κ2) is 10.2. The Bertz CT molecular complexity index is 208. The molecule has 0 bridgehead atoms. The Morgan fingerprint density at radius 3 is 1.89 bits per heavy atom. The molecule has 0 spiro atoms. The van der Waals surface area contributed by atoms with Crippen molar-refractivity contribution in [1.82, 2.24) is 0 Å². The highest BCUT2D eigenvalue weighted by Crippen LogP contribution is 2.31. The van der Waals surface area contributed by atoms with Gasteiger partial charge in [-0.25, -0.2) is 4.79 Å². The Labute approximate surface area is 112 Å². The van der Waals surface area contributed by atoms with Gasteiger partial charge in [-0.05, 0) is 25.7 Å². The quantitative estimate of drug-likeness (QED) is 0.399. The van der Waals surface area contributed by atoms with E-state index in [0.717, 1.165) is 38.5 Å². The van der Waals surface area contributed by atoms with Crippen molar-refractivity contribution < 1.29 is 14.6 Å². The van der Waals surface area contributed by atoms with Crippen LogP contribution in [0.25, 0.3) is 0 Å². The van der Waals surface area contributed by atoms with Gasteiger partial charge in [0, 0.05) is 0 Å². The van der Waals surface area contributed by atoms with Crippen LogP contribution >= 0.6 is 0 Å². The van der Waals surface area contributed by atoms with E-state index in [1.165, 1.54) is 25.7 Å². The highest BCUT2D eigenvalue weighted by molar-refractivity contribution is 5.57. The first-order chi connectivity index (χ1) is 8.60. The lowest BCUT2D eigenvalue weighted by atomic mass is 9.86. The van der Waals surface area contributed by atoms with Gasteiger partial charge >= 0.3 is 6.16 Å². The van der Waals surface area contributed by atoms with E-state index in [-0.39, 0.29) is 0 Å². The summed E-state index contributed by atoms with van der Waals surface area (Å²) >= 11 is 0. The highest BCUT2D eigenvalue weighted by Gasteiger charge is 2.32. The van der Waals surface area contributed by atoms with Gasteiger partial charge in [0.15, 0.2) is 0 Å². The number of carbonyl (C=O) groups is 1. The van der Waals surface area contributed by atoms with E-state index in [1.54, 1.807) is 0 Å². The van der Waals surface area contributed by atoms with Crippen LogP contribution < -0.4 is 0 Å². The van der Waals surface area contributed by atoms with Gasteiger partial charge in [0.2, 0.25) is 0 Å². The molecule has 108 valence electrons. The van der Waals surface area contributed by atoms with Crippen LogP contribution in [0.4, 0.5) is 4.79 Å². The van der Waals surface area contributed by atoms with Crippen molar-refractivity contribution in [3.63, 3.8) is 0 Å². The molecule has 0 atom stereocenters. The third-order valence-electron chi connectivity index (χ3n) is 3.45. The molecular formula is C15H30O3. The second-order valence-corrected chi connectivity index (χ2v) is 5.22. The van der Waals surface area contributed by atoms with Crippen LogP contribution in [0, 0.1) is 0 Å². The summed E-state index contributed by atoms with van der Waals surface area (Å²) in [5.74, 6) is 0. The minimum atomic E-state index is -1.12. The average molecular weight is 258 g/mol. The van der Waals surface area contributed by atoms with Crippen molar-refractivity contribution >= 4 is 6.16 Å². The summed E-state index contributed by atoms with van der Waals surface area (Å²) in [6, 6.07) is 0. The first-order valence-corrected chi connectivity index (χ1v) is 7.52. The van der Waals surface area contributed by atoms with Gasteiger partial charge in [-0.2, -0.15) is 0 Å². The first kappa shape index (κ1) is 17.3. The number of hydrogen-bond acceptors (Lipinski definition) is 2.